The van der Waals surface area contributed by atoms with E-state index < -0.39 is 0 Å². The number of rotatable bonds is 6. The maximum atomic E-state index is 14.1. The zero-order valence-corrected chi connectivity index (χ0v) is 21.0. The fraction of sp³-hybridized carbons (Fsp3) is 0.357. The van der Waals surface area contributed by atoms with Crippen molar-refractivity contribution in [2.75, 3.05) is 45.9 Å². The molecule has 2 aromatic carbocycles. The van der Waals surface area contributed by atoms with Crippen molar-refractivity contribution in [3.63, 3.8) is 0 Å². The molecule has 2 aliphatic heterocycles. The van der Waals surface area contributed by atoms with Crippen molar-refractivity contribution in [2.45, 2.75) is 18.9 Å². The molecule has 0 saturated carbocycles. The van der Waals surface area contributed by atoms with Crippen LogP contribution in [0.5, 0.6) is 5.75 Å². The molecule has 0 bridgehead atoms. The van der Waals surface area contributed by atoms with Gasteiger partial charge in [0.15, 0.2) is 6.61 Å². The van der Waals surface area contributed by atoms with Crippen LogP contribution < -0.4 is 4.74 Å². The largest absolute Gasteiger partial charge is 0.484 e. The van der Waals surface area contributed by atoms with Crippen LogP contribution in [0.2, 0.25) is 0 Å². The van der Waals surface area contributed by atoms with E-state index in [4.69, 9.17) is 4.74 Å². The molecule has 2 aliphatic rings. The van der Waals surface area contributed by atoms with Gasteiger partial charge in [-0.1, -0.05) is 30.3 Å². The molecule has 1 atom stereocenters. The Morgan fingerprint density at radius 1 is 0.917 bits per heavy atom. The van der Waals surface area contributed by atoms with Gasteiger partial charge in [-0.3, -0.25) is 14.5 Å². The zero-order chi connectivity index (χ0) is 24.9. The molecule has 1 saturated heterocycles. The summed E-state index contributed by atoms with van der Waals surface area (Å²) in [5.41, 5.74) is 2.03. The highest BCUT2D eigenvalue weighted by atomic mass is 32.1. The molecule has 3 aromatic rings. The van der Waals surface area contributed by atoms with E-state index in [1.165, 1.54) is 10.9 Å². The molecule has 188 valence electrons. The van der Waals surface area contributed by atoms with Gasteiger partial charge in [-0.25, -0.2) is 4.39 Å². The molecule has 0 radical (unpaired) electrons. The van der Waals surface area contributed by atoms with E-state index in [1.807, 2.05) is 41.3 Å². The Morgan fingerprint density at radius 3 is 2.47 bits per heavy atom. The summed E-state index contributed by atoms with van der Waals surface area (Å²) in [6.45, 7) is 3.21. The Morgan fingerprint density at radius 2 is 1.69 bits per heavy atom. The lowest BCUT2D eigenvalue weighted by atomic mass is 9.93. The topological polar surface area (TPSA) is 53.1 Å². The minimum atomic E-state index is -0.269. The Bertz CT molecular complexity index is 1200. The van der Waals surface area contributed by atoms with Gasteiger partial charge in [0.05, 0.1) is 12.6 Å². The number of hydrogen-bond donors (Lipinski definition) is 0. The molecule has 36 heavy (non-hydrogen) atoms. The Labute approximate surface area is 214 Å². The van der Waals surface area contributed by atoms with E-state index in [0.29, 0.717) is 31.9 Å². The van der Waals surface area contributed by atoms with Gasteiger partial charge in [0.2, 0.25) is 5.91 Å². The number of amides is 2. The van der Waals surface area contributed by atoms with Gasteiger partial charge in [-0.05, 0) is 59.7 Å². The van der Waals surface area contributed by atoms with Crippen molar-refractivity contribution in [1.82, 2.24) is 14.7 Å². The predicted molar refractivity (Wildman–Crippen MR) is 138 cm³/mol. The van der Waals surface area contributed by atoms with Crippen LogP contribution in [-0.4, -0.2) is 72.4 Å². The third-order valence-electron chi connectivity index (χ3n) is 6.88. The maximum absolute atomic E-state index is 14.1. The molecule has 1 aromatic heterocycles. The predicted octanol–water partition coefficient (Wildman–Crippen LogP) is 3.97. The van der Waals surface area contributed by atoms with Gasteiger partial charge in [0.1, 0.15) is 11.6 Å². The standard InChI is InChI=1S/C28H30FN3O3S/c29-22-7-4-6-21(18-22)28-24-11-17-36-25(24)10-14-32(28)19-26(33)30-12-5-13-31(16-15-30)27(34)20-35-23-8-2-1-3-9-23/h1-4,6-9,11,17-18,28H,5,10,12-16,19-20H2/t28-/m1/s1. The lowest BCUT2D eigenvalue weighted by Crippen LogP contribution is -2.45. The number of fused-ring (bicyclic) bond motifs is 1. The van der Waals surface area contributed by atoms with Crippen molar-refractivity contribution < 1.29 is 18.7 Å². The van der Waals surface area contributed by atoms with Crippen LogP contribution in [0.25, 0.3) is 0 Å². The van der Waals surface area contributed by atoms with Crippen LogP contribution in [-0.2, 0) is 16.0 Å². The zero-order valence-electron chi connectivity index (χ0n) is 20.1. The number of carbonyl (C=O) groups is 2. The number of hydrogen-bond acceptors (Lipinski definition) is 5. The number of nitrogens with zero attached hydrogens (tertiary/aromatic N) is 3. The summed E-state index contributed by atoms with van der Waals surface area (Å²) >= 11 is 1.72. The fourth-order valence-corrected chi connectivity index (χ4v) is 5.95. The Balaban J connectivity index is 1.21. The fourth-order valence-electron chi connectivity index (χ4n) is 5.05. The molecule has 2 amide bonds. The van der Waals surface area contributed by atoms with Crippen LogP contribution in [0, 0.1) is 5.82 Å². The summed E-state index contributed by atoms with van der Waals surface area (Å²) in [6.07, 6.45) is 1.61. The highest BCUT2D eigenvalue weighted by Crippen LogP contribution is 2.37. The summed E-state index contributed by atoms with van der Waals surface area (Å²) in [4.78, 5) is 33.2. The maximum Gasteiger partial charge on any atom is 0.260 e. The highest BCUT2D eigenvalue weighted by molar-refractivity contribution is 7.10. The Hall–Kier alpha value is -3.23. The molecular formula is C28H30FN3O3S. The normalized spacial score (nSPS) is 18.4. The van der Waals surface area contributed by atoms with Gasteiger partial charge in [0, 0.05) is 37.6 Å². The van der Waals surface area contributed by atoms with Gasteiger partial charge < -0.3 is 14.5 Å². The van der Waals surface area contributed by atoms with Crippen LogP contribution >= 0.6 is 11.3 Å². The third-order valence-corrected chi connectivity index (χ3v) is 7.87. The first-order chi connectivity index (χ1) is 17.6. The molecule has 0 unspecified atom stereocenters. The van der Waals surface area contributed by atoms with Crippen LogP contribution in [0.1, 0.15) is 28.5 Å². The van der Waals surface area contributed by atoms with Crippen molar-refractivity contribution in [3.05, 3.63) is 87.9 Å². The first-order valence-electron chi connectivity index (χ1n) is 12.4. The summed E-state index contributed by atoms with van der Waals surface area (Å²) in [5, 5.41) is 2.07. The van der Waals surface area contributed by atoms with Gasteiger partial charge in [0.25, 0.3) is 5.91 Å². The second-order valence-corrected chi connectivity index (χ2v) is 10.2. The molecule has 0 aliphatic carbocycles. The van der Waals surface area contributed by atoms with Crippen LogP contribution in [0.15, 0.2) is 66.0 Å². The van der Waals surface area contributed by atoms with Crippen LogP contribution in [0.3, 0.4) is 0 Å². The molecule has 6 nitrogen and oxygen atoms in total. The molecule has 0 spiro atoms. The SMILES string of the molecule is O=C(COc1ccccc1)N1CCCN(C(=O)CN2CCc3sccc3[C@H]2c2cccc(F)c2)CC1. The average molecular weight is 508 g/mol. The van der Waals surface area contributed by atoms with Crippen molar-refractivity contribution in [2.24, 2.45) is 0 Å². The number of ether oxygens (including phenoxy) is 1. The van der Waals surface area contributed by atoms with E-state index in [1.54, 1.807) is 28.4 Å². The summed E-state index contributed by atoms with van der Waals surface area (Å²) in [6, 6.07) is 17.9. The lowest BCUT2D eigenvalue weighted by molar-refractivity contribution is -0.135. The number of thiophene rings is 1. The minimum absolute atomic E-state index is 0.00989. The first kappa shape index (κ1) is 24.5. The quantitative estimate of drug-likeness (QED) is 0.507. The number of benzene rings is 2. The molecular weight excluding hydrogens is 477 g/mol. The van der Waals surface area contributed by atoms with Gasteiger partial charge in [-0.2, -0.15) is 0 Å². The monoisotopic (exact) mass is 507 g/mol. The van der Waals surface area contributed by atoms with E-state index >= 15 is 0 Å². The average Bonchev–Trinajstić information content (AvgIpc) is 3.23. The molecule has 5 rings (SSSR count). The third kappa shape index (κ3) is 5.60. The van der Waals surface area contributed by atoms with E-state index in [-0.39, 0.29) is 36.8 Å². The molecule has 8 heteroatoms. The second-order valence-electron chi connectivity index (χ2n) is 9.19. The van der Waals surface area contributed by atoms with Crippen molar-refractivity contribution in [3.8, 4) is 5.75 Å². The lowest BCUT2D eigenvalue weighted by Gasteiger charge is -2.37. The minimum Gasteiger partial charge on any atom is -0.484 e. The van der Waals surface area contributed by atoms with Gasteiger partial charge in [-0.15, -0.1) is 11.3 Å². The number of carbonyl (C=O) groups excluding carboxylic acids is 2. The first-order valence-corrected chi connectivity index (χ1v) is 13.3. The summed E-state index contributed by atoms with van der Waals surface area (Å²) < 4.78 is 19.7. The van der Waals surface area contributed by atoms with E-state index in [2.05, 4.69) is 16.3 Å². The van der Waals surface area contributed by atoms with Crippen LogP contribution in [0.4, 0.5) is 4.39 Å². The summed E-state index contributed by atoms with van der Waals surface area (Å²) in [5.74, 6) is 0.376. The second kappa shape index (κ2) is 11.2. The molecule has 0 N–H and O–H groups in total. The Kier molecular flexibility index (Phi) is 7.63. The van der Waals surface area contributed by atoms with Crippen molar-refractivity contribution >= 4 is 23.2 Å². The van der Waals surface area contributed by atoms with Gasteiger partial charge >= 0.3 is 0 Å². The van der Waals surface area contributed by atoms with E-state index in [9.17, 15) is 14.0 Å². The smallest absolute Gasteiger partial charge is 0.260 e. The number of halogens is 1. The number of para-hydroxylation sites is 1. The summed E-state index contributed by atoms with van der Waals surface area (Å²) in [7, 11) is 0. The highest BCUT2D eigenvalue weighted by Gasteiger charge is 2.32. The van der Waals surface area contributed by atoms with Crippen molar-refractivity contribution in [1.29, 1.82) is 0 Å². The molecule has 1 fully saturated rings. The molecule has 3 heterocycles. The van der Waals surface area contributed by atoms with E-state index in [0.717, 1.165) is 30.5 Å².